The maximum absolute atomic E-state index is 11.5. The number of amides is 1. The van der Waals surface area contributed by atoms with Gasteiger partial charge in [0.05, 0.1) is 5.75 Å². The summed E-state index contributed by atoms with van der Waals surface area (Å²) in [6.07, 6.45) is 0.653. The van der Waals surface area contributed by atoms with Crippen molar-refractivity contribution in [2.45, 2.75) is 0 Å². The molecule has 0 unspecified atom stereocenters. The van der Waals surface area contributed by atoms with Gasteiger partial charge in [0.2, 0.25) is 0 Å². The zero-order valence-electron chi connectivity index (χ0n) is 8.79. The highest BCUT2D eigenvalue weighted by Gasteiger charge is 2.08. The van der Waals surface area contributed by atoms with Gasteiger partial charge in [-0.1, -0.05) is 12.1 Å². The van der Waals surface area contributed by atoms with Crippen LogP contribution in [0.2, 0.25) is 0 Å². The van der Waals surface area contributed by atoms with Crippen LogP contribution in [0.4, 0.5) is 0 Å². The summed E-state index contributed by atoms with van der Waals surface area (Å²) >= 11 is 0. The van der Waals surface area contributed by atoms with E-state index in [9.17, 15) is 18.0 Å². The van der Waals surface area contributed by atoms with Crippen LogP contribution >= 0.6 is 0 Å². The highest BCUT2D eigenvalue weighted by Crippen LogP contribution is 2.02. The number of hydrogen-bond donors (Lipinski definition) is 2. The molecule has 0 fully saturated rings. The Bertz CT molecular complexity index is 506. The Balaban J connectivity index is 2.55. The number of carbonyl (C=O) groups is 2. The maximum Gasteiger partial charge on any atom is 0.266 e. The fraction of sp³-hybridized carbons (Fsp3) is 0.200. The first-order valence-electron chi connectivity index (χ1n) is 4.71. The fourth-order valence-corrected chi connectivity index (χ4v) is 1.47. The van der Waals surface area contributed by atoms with Gasteiger partial charge in [0.25, 0.3) is 16.0 Å². The molecule has 1 amide bonds. The molecule has 0 radical (unpaired) electrons. The molecule has 0 saturated carbocycles. The smallest absolute Gasteiger partial charge is 0.266 e. The van der Waals surface area contributed by atoms with E-state index in [0.29, 0.717) is 17.4 Å². The van der Waals surface area contributed by atoms with E-state index >= 15 is 0 Å². The van der Waals surface area contributed by atoms with E-state index in [-0.39, 0.29) is 6.54 Å². The van der Waals surface area contributed by atoms with Crippen molar-refractivity contribution in [2.75, 3.05) is 12.3 Å². The molecule has 7 heteroatoms. The zero-order chi connectivity index (χ0) is 12.9. The molecule has 0 aliphatic heterocycles. The van der Waals surface area contributed by atoms with Crippen molar-refractivity contribution in [1.82, 2.24) is 5.32 Å². The molecule has 1 aromatic carbocycles. The third kappa shape index (κ3) is 4.75. The number of rotatable bonds is 5. The first-order valence-corrected chi connectivity index (χ1v) is 6.32. The van der Waals surface area contributed by atoms with Crippen LogP contribution in [0.25, 0.3) is 0 Å². The van der Waals surface area contributed by atoms with E-state index in [4.69, 9.17) is 4.55 Å². The molecule has 17 heavy (non-hydrogen) atoms. The van der Waals surface area contributed by atoms with E-state index in [1.807, 2.05) is 0 Å². The van der Waals surface area contributed by atoms with Crippen LogP contribution in [0, 0.1) is 0 Å². The van der Waals surface area contributed by atoms with E-state index in [0.717, 1.165) is 0 Å². The first kappa shape index (κ1) is 13.3. The second kappa shape index (κ2) is 5.55. The summed E-state index contributed by atoms with van der Waals surface area (Å²) in [5.41, 5.74) is 0.755. The van der Waals surface area contributed by atoms with Gasteiger partial charge in [-0.05, 0) is 12.1 Å². The Morgan fingerprint density at radius 2 is 1.88 bits per heavy atom. The first-order chi connectivity index (χ1) is 7.92. The lowest BCUT2D eigenvalue weighted by atomic mass is 10.1. The van der Waals surface area contributed by atoms with Gasteiger partial charge < -0.3 is 5.32 Å². The molecule has 0 aromatic heterocycles. The lowest BCUT2D eigenvalue weighted by molar-refractivity contribution is 0.0955. The van der Waals surface area contributed by atoms with Crippen LogP contribution in [0.5, 0.6) is 0 Å². The van der Waals surface area contributed by atoms with Gasteiger partial charge in [-0.25, -0.2) is 0 Å². The quantitative estimate of drug-likeness (QED) is 0.576. The summed E-state index contributed by atoms with van der Waals surface area (Å²) in [5, 5.41) is 2.33. The Labute approximate surface area is 98.4 Å². The van der Waals surface area contributed by atoms with Crippen LogP contribution in [0.3, 0.4) is 0 Å². The summed E-state index contributed by atoms with van der Waals surface area (Å²) in [6, 6.07) is 5.86. The van der Waals surface area contributed by atoms with Crippen molar-refractivity contribution in [3.05, 3.63) is 35.4 Å². The average Bonchev–Trinajstić information content (AvgIpc) is 2.27. The molecule has 0 aliphatic rings. The maximum atomic E-state index is 11.5. The summed E-state index contributed by atoms with van der Waals surface area (Å²) in [4.78, 5) is 21.8. The molecule has 1 aromatic rings. The topological polar surface area (TPSA) is 101 Å². The molecule has 2 N–H and O–H groups in total. The summed E-state index contributed by atoms with van der Waals surface area (Å²) < 4.78 is 29.2. The lowest BCUT2D eigenvalue weighted by Gasteiger charge is -2.03. The predicted molar refractivity (Wildman–Crippen MR) is 60.6 cm³/mol. The van der Waals surface area contributed by atoms with Crippen molar-refractivity contribution in [1.29, 1.82) is 0 Å². The second-order valence-corrected chi connectivity index (χ2v) is 4.85. The van der Waals surface area contributed by atoms with Gasteiger partial charge in [-0.3, -0.25) is 14.1 Å². The molecule has 0 aliphatic carbocycles. The summed E-state index contributed by atoms with van der Waals surface area (Å²) in [5.74, 6) is -1.00. The van der Waals surface area contributed by atoms with E-state index < -0.39 is 21.8 Å². The Morgan fingerprint density at radius 1 is 1.29 bits per heavy atom. The number of benzene rings is 1. The Hall–Kier alpha value is -1.73. The monoisotopic (exact) mass is 257 g/mol. The second-order valence-electron chi connectivity index (χ2n) is 3.28. The average molecular weight is 257 g/mol. The highest BCUT2D eigenvalue weighted by atomic mass is 32.2. The van der Waals surface area contributed by atoms with Crippen LogP contribution in [0.15, 0.2) is 24.3 Å². The molecule has 92 valence electrons. The Morgan fingerprint density at radius 3 is 2.35 bits per heavy atom. The lowest BCUT2D eigenvalue weighted by Crippen LogP contribution is -2.28. The minimum Gasteiger partial charge on any atom is -0.351 e. The third-order valence-corrected chi connectivity index (χ3v) is 2.67. The minimum atomic E-state index is -4.07. The molecular weight excluding hydrogens is 246 g/mol. The van der Waals surface area contributed by atoms with Crippen LogP contribution in [-0.2, 0) is 10.1 Å². The largest absolute Gasteiger partial charge is 0.351 e. The predicted octanol–water partition coefficient (Wildman–Crippen LogP) is 0.117. The van der Waals surface area contributed by atoms with Crippen LogP contribution < -0.4 is 5.32 Å². The van der Waals surface area contributed by atoms with Crippen molar-refractivity contribution in [3.8, 4) is 0 Å². The molecular formula is C10H11NO5S. The zero-order valence-corrected chi connectivity index (χ0v) is 9.61. The van der Waals surface area contributed by atoms with Crippen molar-refractivity contribution in [3.63, 3.8) is 0 Å². The van der Waals surface area contributed by atoms with Gasteiger partial charge >= 0.3 is 0 Å². The van der Waals surface area contributed by atoms with E-state index in [1.165, 1.54) is 24.3 Å². The molecule has 0 heterocycles. The van der Waals surface area contributed by atoms with Gasteiger partial charge in [0.1, 0.15) is 6.29 Å². The fourth-order valence-electron chi connectivity index (χ4n) is 1.11. The third-order valence-electron chi connectivity index (χ3n) is 1.95. The molecule has 0 bridgehead atoms. The highest BCUT2D eigenvalue weighted by molar-refractivity contribution is 7.85. The normalized spacial score (nSPS) is 10.9. The van der Waals surface area contributed by atoms with Crippen molar-refractivity contribution >= 4 is 22.3 Å². The molecule has 0 saturated heterocycles. The molecule has 0 spiro atoms. The van der Waals surface area contributed by atoms with Crippen LogP contribution in [-0.4, -0.2) is 37.5 Å². The van der Waals surface area contributed by atoms with Gasteiger partial charge in [-0.2, -0.15) is 8.42 Å². The number of nitrogens with one attached hydrogen (secondary N) is 1. The molecule has 6 nitrogen and oxygen atoms in total. The number of hydrogen-bond acceptors (Lipinski definition) is 4. The standard InChI is InChI=1S/C10H11NO5S/c12-7-8-1-3-9(4-2-8)10(13)11-5-6-17(14,15)16/h1-4,7H,5-6H2,(H,11,13)(H,14,15,16). The van der Waals surface area contributed by atoms with Crippen molar-refractivity contribution < 1.29 is 22.6 Å². The Kier molecular flexibility index (Phi) is 4.36. The summed E-state index contributed by atoms with van der Waals surface area (Å²) in [6.45, 7) is -0.174. The van der Waals surface area contributed by atoms with Gasteiger partial charge in [-0.15, -0.1) is 0 Å². The minimum absolute atomic E-state index is 0.174. The summed E-state index contributed by atoms with van der Waals surface area (Å²) in [7, 11) is -4.07. The number of carbonyl (C=O) groups excluding carboxylic acids is 2. The molecule has 0 atom stereocenters. The molecule has 1 rings (SSSR count). The van der Waals surface area contributed by atoms with E-state index in [2.05, 4.69) is 5.32 Å². The van der Waals surface area contributed by atoms with Gasteiger partial charge in [0.15, 0.2) is 0 Å². The number of aldehydes is 1. The van der Waals surface area contributed by atoms with E-state index in [1.54, 1.807) is 0 Å². The van der Waals surface area contributed by atoms with Gasteiger partial charge in [0, 0.05) is 17.7 Å². The van der Waals surface area contributed by atoms with Crippen molar-refractivity contribution in [2.24, 2.45) is 0 Å². The van der Waals surface area contributed by atoms with Crippen LogP contribution in [0.1, 0.15) is 20.7 Å². The SMILES string of the molecule is O=Cc1ccc(C(=O)NCCS(=O)(=O)O)cc1.